The van der Waals surface area contributed by atoms with Crippen LogP contribution in [0, 0.1) is 12.8 Å². The Kier molecular flexibility index (Phi) is 10.4. The molecule has 1 unspecified atom stereocenters. The van der Waals surface area contributed by atoms with Gasteiger partial charge >= 0.3 is 5.97 Å². The minimum atomic E-state index is -1.47. The molecule has 0 saturated carbocycles. The zero-order valence-electron chi connectivity index (χ0n) is 27.7. The molecule has 1 aromatic heterocycles. The quantitative estimate of drug-likeness (QED) is 0.134. The first kappa shape index (κ1) is 34.4. The molecule has 0 spiro atoms. The average molecular weight is 663 g/mol. The minimum absolute atomic E-state index is 0.110. The standard InChI is InChI=1S/C38H38N4O7/c1-22(2)34(41-38(48)35-23(3)27-16-10-11-17-30(27)42(35)4)37(47)40-29(20-33(44)45)31(43)21-49-32-19-25-13-9-8-12-24(25)18-28(32)36(46)39-26-14-6-5-7-15-26/h5-19,22,29,34H,20-21H2,1-4H3,(H,39,46)(H,40,47)(H,41,48)(H,44,45)/t29?,34-/m0/s1. The van der Waals surface area contributed by atoms with Crippen molar-refractivity contribution in [2.45, 2.75) is 39.3 Å². The van der Waals surface area contributed by atoms with Crippen molar-refractivity contribution < 1.29 is 33.8 Å². The van der Waals surface area contributed by atoms with Gasteiger partial charge in [0.2, 0.25) is 5.91 Å². The maximum atomic E-state index is 13.6. The number of carboxylic acid groups (broad SMARTS) is 1. The number of hydrogen-bond acceptors (Lipinski definition) is 6. The lowest BCUT2D eigenvalue weighted by molar-refractivity contribution is -0.140. The van der Waals surface area contributed by atoms with Crippen LogP contribution < -0.4 is 20.7 Å². The topological polar surface area (TPSA) is 156 Å². The maximum absolute atomic E-state index is 13.6. The number of benzene rings is 4. The Balaban J connectivity index is 1.33. The number of carbonyl (C=O) groups is 5. The fraction of sp³-hybridized carbons (Fsp3) is 0.237. The van der Waals surface area contributed by atoms with Crippen molar-refractivity contribution in [1.29, 1.82) is 0 Å². The van der Waals surface area contributed by atoms with Gasteiger partial charge in [-0.1, -0.05) is 74.5 Å². The fourth-order valence-corrected chi connectivity index (χ4v) is 5.82. The third-order valence-corrected chi connectivity index (χ3v) is 8.39. The summed E-state index contributed by atoms with van der Waals surface area (Å²) in [5.41, 5.74) is 2.72. The number of nitrogens with zero attached hydrogens (tertiary/aromatic N) is 1. The lowest BCUT2D eigenvalue weighted by Gasteiger charge is -2.25. The molecule has 0 saturated heterocycles. The van der Waals surface area contributed by atoms with Gasteiger partial charge in [-0.05, 0) is 59.5 Å². The number of ether oxygens (including phenoxy) is 1. The first-order chi connectivity index (χ1) is 23.4. The van der Waals surface area contributed by atoms with Crippen LogP contribution in [-0.2, 0) is 21.4 Å². The summed E-state index contributed by atoms with van der Waals surface area (Å²) in [5, 5.41) is 20.2. The second-order valence-electron chi connectivity index (χ2n) is 12.2. The monoisotopic (exact) mass is 662 g/mol. The Hall–Kier alpha value is -5.97. The zero-order valence-corrected chi connectivity index (χ0v) is 27.7. The van der Waals surface area contributed by atoms with E-state index in [-0.39, 0.29) is 11.3 Å². The van der Waals surface area contributed by atoms with Crippen molar-refractivity contribution >= 4 is 56.8 Å². The summed E-state index contributed by atoms with van der Waals surface area (Å²) < 4.78 is 7.62. The second kappa shape index (κ2) is 14.8. The van der Waals surface area contributed by atoms with Gasteiger partial charge in [0.15, 0.2) is 5.78 Å². The molecule has 4 aromatic carbocycles. The first-order valence-corrected chi connectivity index (χ1v) is 15.9. The van der Waals surface area contributed by atoms with Gasteiger partial charge in [0.25, 0.3) is 11.8 Å². The van der Waals surface area contributed by atoms with Crippen LogP contribution >= 0.6 is 0 Å². The lowest BCUT2D eigenvalue weighted by atomic mass is 10.0. The van der Waals surface area contributed by atoms with Crippen molar-refractivity contribution in [2.24, 2.45) is 13.0 Å². The van der Waals surface area contributed by atoms with Crippen molar-refractivity contribution in [3.63, 3.8) is 0 Å². The summed E-state index contributed by atoms with van der Waals surface area (Å²) in [6.45, 7) is 4.67. The van der Waals surface area contributed by atoms with Gasteiger partial charge in [-0.15, -0.1) is 0 Å². The molecule has 4 N–H and O–H groups in total. The number of para-hydroxylation sites is 2. The van der Waals surface area contributed by atoms with Gasteiger partial charge in [0.05, 0.1) is 12.0 Å². The number of carbonyl (C=O) groups excluding carboxylic acids is 4. The summed E-state index contributed by atoms with van der Waals surface area (Å²) in [4.78, 5) is 65.6. The molecule has 1 heterocycles. The van der Waals surface area contributed by atoms with E-state index < -0.39 is 60.5 Å². The van der Waals surface area contributed by atoms with Crippen molar-refractivity contribution in [3.8, 4) is 5.75 Å². The number of amides is 3. The number of aryl methyl sites for hydroxylation is 2. The predicted octanol–water partition coefficient (Wildman–Crippen LogP) is 5.25. The van der Waals surface area contributed by atoms with Crippen molar-refractivity contribution in [2.75, 3.05) is 11.9 Å². The molecule has 0 radical (unpaired) electrons. The van der Waals surface area contributed by atoms with E-state index in [2.05, 4.69) is 16.0 Å². The number of hydrogen-bond donors (Lipinski definition) is 4. The summed E-state index contributed by atoms with van der Waals surface area (Å²) >= 11 is 0. The molecule has 0 aliphatic heterocycles. The van der Waals surface area contributed by atoms with Crippen molar-refractivity contribution in [3.05, 3.63) is 108 Å². The number of fused-ring (bicyclic) bond motifs is 2. The Morgan fingerprint density at radius 1 is 0.816 bits per heavy atom. The summed E-state index contributed by atoms with van der Waals surface area (Å²) in [7, 11) is 1.77. The third kappa shape index (κ3) is 7.78. The Morgan fingerprint density at radius 3 is 2.10 bits per heavy atom. The molecule has 5 aromatic rings. The van der Waals surface area contributed by atoms with Crippen LogP contribution in [0.5, 0.6) is 5.75 Å². The third-order valence-electron chi connectivity index (χ3n) is 8.39. The van der Waals surface area contributed by atoms with E-state index in [4.69, 9.17) is 4.74 Å². The number of aliphatic carboxylic acids is 1. The average Bonchev–Trinajstić information content (AvgIpc) is 3.34. The predicted molar refractivity (Wildman–Crippen MR) is 187 cm³/mol. The van der Waals surface area contributed by atoms with Gasteiger partial charge < -0.3 is 30.4 Å². The SMILES string of the molecule is Cc1c(C(=O)N[C@H](C(=O)NC(CC(=O)O)C(=O)COc2cc3ccccc3cc2C(=O)Nc2ccccc2)C(C)C)n(C)c2ccccc12. The normalized spacial score (nSPS) is 12.3. The molecule has 11 nitrogen and oxygen atoms in total. The van der Waals surface area contributed by atoms with E-state index in [0.717, 1.165) is 27.2 Å². The molecule has 0 aliphatic rings. The van der Waals surface area contributed by atoms with Crippen LogP contribution in [0.25, 0.3) is 21.7 Å². The van der Waals surface area contributed by atoms with Crippen LogP contribution in [0.4, 0.5) is 5.69 Å². The molecule has 0 aliphatic carbocycles. The van der Waals surface area contributed by atoms with E-state index in [1.807, 2.05) is 61.5 Å². The summed E-state index contributed by atoms with van der Waals surface area (Å²) in [6, 6.07) is 24.5. The Morgan fingerprint density at radius 2 is 1.45 bits per heavy atom. The zero-order chi connectivity index (χ0) is 35.2. The number of ketones is 1. The van der Waals surface area contributed by atoms with Gasteiger partial charge in [0, 0.05) is 23.6 Å². The van der Waals surface area contributed by atoms with Crippen LogP contribution in [0.1, 0.15) is 46.7 Å². The highest BCUT2D eigenvalue weighted by Gasteiger charge is 2.32. The van der Waals surface area contributed by atoms with Crippen LogP contribution in [0.3, 0.4) is 0 Å². The number of anilines is 1. The van der Waals surface area contributed by atoms with Gasteiger partial charge in [-0.3, -0.25) is 24.0 Å². The summed E-state index contributed by atoms with van der Waals surface area (Å²) in [5.74, 6) is -4.00. The van der Waals surface area contributed by atoms with Gasteiger partial charge in [-0.25, -0.2) is 0 Å². The van der Waals surface area contributed by atoms with Crippen LogP contribution in [0.15, 0.2) is 91.0 Å². The highest BCUT2D eigenvalue weighted by molar-refractivity contribution is 6.09. The lowest BCUT2D eigenvalue weighted by Crippen LogP contribution is -2.54. The van der Waals surface area contributed by atoms with E-state index in [1.165, 1.54) is 0 Å². The van der Waals surface area contributed by atoms with Crippen molar-refractivity contribution in [1.82, 2.24) is 15.2 Å². The molecule has 0 fully saturated rings. The highest BCUT2D eigenvalue weighted by atomic mass is 16.5. The molecule has 0 bridgehead atoms. The molecule has 252 valence electrons. The fourth-order valence-electron chi connectivity index (χ4n) is 5.82. The molecular weight excluding hydrogens is 624 g/mol. The molecule has 5 rings (SSSR count). The largest absolute Gasteiger partial charge is 0.485 e. The highest BCUT2D eigenvalue weighted by Crippen LogP contribution is 2.28. The number of Topliss-reactive ketones (excluding diaryl/α,β-unsaturated/α-hetero) is 1. The maximum Gasteiger partial charge on any atom is 0.305 e. The number of nitrogens with one attached hydrogen (secondary N) is 3. The smallest absolute Gasteiger partial charge is 0.305 e. The van der Waals surface area contributed by atoms with E-state index in [9.17, 15) is 29.1 Å². The van der Waals surface area contributed by atoms with E-state index in [0.29, 0.717) is 11.4 Å². The Labute approximate surface area is 283 Å². The molecule has 11 heteroatoms. The number of carboxylic acids is 1. The number of aromatic nitrogens is 1. The van der Waals surface area contributed by atoms with Crippen LogP contribution in [-0.4, -0.2) is 57.8 Å². The molecule has 49 heavy (non-hydrogen) atoms. The van der Waals surface area contributed by atoms with E-state index in [1.54, 1.807) is 61.9 Å². The van der Waals surface area contributed by atoms with Gasteiger partial charge in [-0.2, -0.15) is 0 Å². The van der Waals surface area contributed by atoms with Crippen LogP contribution in [0.2, 0.25) is 0 Å². The minimum Gasteiger partial charge on any atom is -0.485 e. The molecular formula is C38H38N4O7. The number of rotatable bonds is 13. The summed E-state index contributed by atoms with van der Waals surface area (Å²) in [6.07, 6.45) is -0.714. The first-order valence-electron chi connectivity index (χ1n) is 15.9. The second-order valence-corrected chi connectivity index (χ2v) is 12.2. The Bertz CT molecular complexity index is 2010. The molecule has 3 amide bonds. The van der Waals surface area contributed by atoms with Gasteiger partial charge in [0.1, 0.15) is 30.1 Å². The van der Waals surface area contributed by atoms with E-state index >= 15 is 0 Å². The molecule has 2 atom stereocenters.